The molecule has 0 fully saturated rings. The lowest BCUT2D eigenvalue weighted by molar-refractivity contribution is 0.387. The number of hydrogen-bond acceptors (Lipinski definition) is 7. The van der Waals surface area contributed by atoms with Crippen LogP contribution in [-0.2, 0) is 6.54 Å². The number of aryl methyl sites for hydroxylation is 1. The molecular weight excluding hydrogens is 412 g/mol. The fourth-order valence-corrected chi connectivity index (χ4v) is 3.82. The number of nitrogens with zero attached hydrogens (tertiary/aromatic N) is 3. The lowest BCUT2D eigenvalue weighted by Gasteiger charge is -2.12. The molecule has 4 aromatic rings. The van der Waals surface area contributed by atoms with Gasteiger partial charge in [0.05, 0.1) is 26.3 Å². The van der Waals surface area contributed by atoms with E-state index in [0.29, 0.717) is 39.9 Å². The quantitative estimate of drug-likeness (QED) is 0.312. The number of nitrogens with one attached hydrogen (secondary N) is 1. The molecule has 2 N–H and O–H groups in total. The smallest absolute Gasteiger partial charge is 0.204 e. The van der Waals surface area contributed by atoms with E-state index in [1.54, 1.807) is 18.8 Å². The van der Waals surface area contributed by atoms with Crippen molar-refractivity contribution in [2.75, 3.05) is 25.8 Å². The van der Waals surface area contributed by atoms with Gasteiger partial charge in [-0.1, -0.05) is 23.9 Å². The molecule has 8 heteroatoms. The first kappa shape index (κ1) is 20.9. The molecule has 2 heterocycles. The van der Waals surface area contributed by atoms with Crippen molar-refractivity contribution in [3.63, 3.8) is 0 Å². The van der Waals surface area contributed by atoms with Crippen LogP contribution in [0.5, 0.6) is 17.4 Å². The van der Waals surface area contributed by atoms with Crippen molar-refractivity contribution in [2.45, 2.75) is 18.6 Å². The van der Waals surface area contributed by atoms with E-state index in [-0.39, 0.29) is 5.88 Å². The first-order valence-corrected chi connectivity index (χ1v) is 10.9. The number of aromatic hydroxyl groups is 1. The second-order valence-electron chi connectivity index (χ2n) is 7.07. The standard InChI is InChI=1S/C23H24N4O3S/c1-14-6-5-7-16(10-14)24-21-20-18(25-23(26-21)31-4)13-27(22(20)28)12-15-8-9-17(29-2)11-19(15)30-3/h5-11,13,28H,12H2,1-4H3,(H,24,25,26). The molecule has 0 aliphatic carbocycles. The molecule has 0 saturated carbocycles. The zero-order chi connectivity index (χ0) is 22.0. The summed E-state index contributed by atoms with van der Waals surface area (Å²) in [5.41, 5.74) is 3.61. The highest BCUT2D eigenvalue weighted by molar-refractivity contribution is 7.98. The van der Waals surface area contributed by atoms with Crippen molar-refractivity contribution in [3.8, 4) is 17.4 Å². The maximum atomic E-state index is 11.1. The van der Waals surface area contributed by atoms with Crippen LogP contribution >= 0.6 is 11.8 Å². The van der Waals surface area contributed by atoms with Gasteiger partial charge in [0.1, 0.15) is 22.7 Å². The molecule has 2 aromatic carbocycles. The normalized spacial score (nSPS) is 11.0. The summed E-state index contributed by atoms with van der Waals surface area (Å²) in [6.07, 6.45) is 3.76. The summed E-state index contributed by atoms with van der Waals surface area (Å²) in [4.78, 5) is 9.19. The van der Waals surface area contributed by atoms with Gasteiger partial charge >= 0.3 is 0 Å². The molecule has 2 aromatic heterocycles. The van der Waals surface area contributed by atoms with E-state index in [4.69, 9.17) is 9.47 Å². The van der Waals surface area contributed by atoms with E-state index in [0.717, 1.165) is 16.8 Å². The van der Waals surface area contributed by atoms with Gasteiger partial charge in [0.2, 0.25) is 5.88 Å². The number of methoxy groups -OCH3 is 2. The van der Waals surface area contributed by atoms with Crippen molar-refractivity contribution >= 4 is 34.2 Å². The van der Waals surface area contributed by atoms with E-state index in [1.807, 2.05) is 61.8 Å². The largest absolute Gasteiger partial charge is 0.497 e. The van der Waals surface area contributed by atoms with Gasteiger partial charge in [0, 0.05) is 23.5 Å². The van der Waals surface area contributed by atoms with Crippen molar-refractivity contribution < 1.29 is 14.6 Å². The van der Waals surface area contributed by atoms with Crippen LogP contribution in [-0.4, -0.2) is 40.1 Å². The van der Waals surface area contributed by atoms with Gasteiger partial charge in [-0.25, -0.2) is 9.97 Å². The average Bonchev–Trinajstić information content (AvgIpc) is 3.09. The Bertz CT molecular complexity index is 1240. The zero-order valence-electron chi connectivity index (χ0n) is 17.8. The van der Waals surface area contributed by atoms with Crippen LogP contribution in [0.1, 0.15) is 11.1 Å². The lowest BCUT2D eigenvalue weighted by Crippen LogP contribution is -2.01. The number of hydrogen-bond donors (Lipinski definition) is 2. The van der Waals surface area contributed by atoms with Crippen LogP contribution < -0.4 is 14.8 Å². The summed E-state index contributed by atoms with van der Waals surface area (Å²) >= 11 is 1.45. The Hall–Kier alpha value is -3.39. The van der Waals surface area contributed by atoms with Gasteiger partial charge < -0.3 is 24.5 Å². The van der Waals surface area contributed by atoms with Crippen molar-refractivity contribution in [3.05, 3.63) is 59.8 Å². The van der Waals surface area contributed by atoms with Gasteiger partial charge in [0.25, 0.3) is 0 Å². The van der Waals surface area contributed by atoms with Crippen molar-refractivity contribution in [2.24, 2.45) is 0 Å². The van der Waals surface area contributed by atoms with Gasteiger partial charge in [-0.05, 0) is 43.0 Å². The van der Waals surface area contributed by atoms with Gasteiger partial charge in [-0.15, -0.1) is 0 Å². The zero-order valence-corrected chi connectivity index (χ0v) is 18.7. The van der Waals surface area contributed by atoms with Crippen molar-refractivity contribution in [1.29, 1.82) is 0 Å². The minimum Gasteiger partial charge on any atom is -0.497 e. The molecule has 0 bridgehead atoms. The average molecular weight is 437 g/mol. The Labute approximate surface area is 185 Å². The third kappa shape index (κ3) is 4.25. The summed E-state index contributed by atoms with van der Waals surface area (Å²) < 4.78 is 12.5. The summed E-state index contributed by atoms with van der Waals surface area (Å²) in [5.74, 6) is 2.06. The summed E-state index contributed by atoms with van der Waals surface area (Å²) in [6.45, 7) is 2.44. The molecule has 0 aliphatic heterocycles. The highest BCUT2D eigenvalue weighted by atomic mass is 32.2. The highest BCUT2D eigenvalue weighted by Crippen LogP contribution is 2.36. The fourth-order valence-electron chi connectivity index (χ4n) is 3.45. The number of rotatable bonds is 7. The molecule has 0 atom stereocenters. The van der Waals surface area contributed by atoms with Crippen LogP contribution in [0.2, 0.25) is 0 Å². The number of aromatic nitrogens is 3. The summed E-state index contributed by atoms with van der Waals surface area (Å²) in [6, 6.07) is 13.6. The van der Waals surface area contributed by atoms with Crippen LogP contribution in [0.3, 0.4) is 0 Å². The number of benzene rings is 2. The third-order valence-electron chi connectivity index (χ3n) is 4.99. The predicted molar refractivity (Wildman–Crippen MR) is 124 cm³/mol. The Morgan fingerprint density at radius 3 is 2.65 bits per heavy atom. The molecule has 0 amide bonds. The first-order chi connectivity index (χ1) is 15.0. The van der Waals surface area contributed by atoms with Gasteiger partial charge in [-0.3, -0.25) is 0 Å². The minimum atomic E-state index is 0.0932. The van der Waals surface area contributed by atoms with Crippen molar-refractivity contribution in [1.82, 2.24) is 14.5 Å². The topological polar surface area (TPSA) is 81.4 Å². The third-order valence-corrected chi connectivity index (χ3v) is 5.54. The number of anilines is 2. The number of fused-ring (bicyclic) bond motifs is 1. The van der Waals surface area contributed by atoms with E-state index < -0.39 is 0 Å². The molecule has 0 radical (unpaired) electrons. The van der Waals surface area contributed by atoms with Crippen LogP contribution in [0.15, 0.2) is 53.8 Å². The fraction of sp³-hybridized carbons (Fsp3) is 0.217. The monoisotopic (exact) mass is 436 g/mol. The number of thioether (sulfide) groups is 1. The summed E-state index contributed by atoms with van der Waals surface area (Å²) in [7, 11) is 3.23. The maximum Gasteiger partial charge on any atom is 0.204 e. The second-order valence-corrected chi connectivity index (χ2v) is 7.85. The highest BCUT2D eigenvalue weighted by Gasteiger charge is 2.18. The molecular formula is C23H24N4O3S. The second kappa shape index (κ2) is 8.77. The van der Waals surface area contributed by atoms with E-state index >= 15 is 0 Å². The molecule has 0 aliphatic rings. The first-order valence-electron chi connectivity index (χ1n) is 9.70. The van der Waals surface area contributed by atoms with Crippen LogP contribution in [0.25, 0.3) is 10.9 Å². The molecule has 7 nitrogen and oxygen atoms in total. The van der Waals surface area contributed by atoms with Gasteiger partial charge in [0.15, 0.2) is 5.16 Å². The molecule has 0 saturated heterocycles. The Balaban J connectivity index is 1.77. The van der Waals surface area contributed by atoms with Crippen LogP contribution in [0, 0.1) is 6.92 Å². The minimum absolute atomic E-state index is 0.0932. The summed E-state index contributed by atoms with van der Waals surface area (Å²) in [5, 5.41) is 15.6. The molecule has 4 rings (SSSR count). The Kier molecular flexibility index (Phi) is 5.90. The number of ether oxygens (including phenoxy) is 2. The van der Waals surface area contributed by atoms with E-state index in [1.165, 1.54) is 11.8 Å². The van der Waals surface area contributed by atoms with Crippen LogP contribution in [0.4, 0.5) is 11.5 Å². The SMILES string of the molecule is COc1ccc(Cn2cc3nc(SC)nc(Nc4cccc(C)c4)c3c2O)c(OC)c1. The predicted octanol–water partition coefficient (Wildman–Crippen LogP) is 4.98. The Morgan fingerprint density at radius 1 is 1.10 bits per heavy atom. The maximum absolute atomic E-state index is 11.1. The molecule has 160 valence electrons. The Morgan fingerprint density at radius 2 is 1.94 bits per heavy atom. The molecule has 0 unspecified atom stereocenters. The molecule has 0 spiro atoms. The van der Waals surface area contributed by atoms with Gasteiger partial charge in [-0.2, -0.15) is 0 Å². The lowest BCUT2D eigenvalue weighted by atomic mass is 10.2. The molecule has 31 heavy (non-hydrogen) atoms. The van der Waals surface area contributed by atoms with E-state index in [9.17, 15) is 5.11 Å². The van der Waals surface area contributed by atoms with E-state index in [2.05, 4.69) is 15.3 Å².